The van der Waals surface area contributed by atoms with Crippen LogP contribution in [0.15, 0.2) is 24.3 Å². The Morgan fingerprint density at radius 1 is 1.00 bits per heavy atom. The number of anilines is 2. The molecule has 3 nitrogen and oxygen atoms in total. The van der Waals surface area contributed by atoms with Crippen molar-refractivity contribution in [2.45, 2.75) is 25.7 Å². The Labute approximate surface area is 112 Å². The summed E-state index contributed by atoms with van der Waals surface area (Å²) in [5, 5.41) is 0.930. The molecule has 18 heavy (non-hydrogen) atoms. The molecule has 0 spiro atoms. The Hall–Kier alpha value is -1.48. The number of rotatable bonds is 5. The zero-order chi connectivity index (χ0) is 13.0. The SMILES string of the molecule is Nc1c(CCCCCCl)nc2ccccc2c1N. The van der Waals surface area contributed by atoms with Crippen LogP contribution in [0, 0.1) is 0 Å². The number of hydrogen-bond donors (Lipinski definition) is 2. The van der Waals surface area contributed by atoms with Gasteiger partial charge in [-0.05, 0) is 25.3 Å². The summed E-state index contributed by atoms with van der Waals surface area (Å²) in [6.07, 6.45) is 4.03. The van der Waals surface area contributed by atoms with Gasteiger partial charge in [0.25, 0.3) is 0 Å². The zero-order valence-corrected chi connectivity index (χ0v) is 11.1. The van der Waals surface area contributed by atoms with Gasteiger partial charge in [-0.15, -0.1) is 11.6 Å². The number of pyridine rings is 1. The van der Waals surface area contributed by atoms with Crippen molar-refractivity contribution in [3.05, 3.63) is 30.0 Å². The number of nitrogens with zero attached hydrogens (tertiary/aromatic N) is 1. The molecule has 0 saturated carbocycles. The van der Waals surface area contributed by atoms with Crippen molar-refractivity contribution in [1.29, 1.82) is 0 Å². The fourth-order valence-electron chi connectivity index (χ4n) is 2.06. The monoisotopic (exact) mass is 263 g/mol. The van der Waals surface area contributed by atoms with Crippen molar-refractivity contribution in [1.82, 2.24) is 4.98 Å². The lowest BCUT2D eigenvalue weighted by molar-refractivity contribution is 0.713. The largest absolute Gasteiger partial charge is 0.396 e. The van der Waals surface area contributed by atoms with Gasteiger partial charge in [0.15, 0.2) is 0 Å². The number of para-hydroxylation sites is 1. The van der Waals surface area contributed by atoms with Crippen molar-refractivity contribution >= 4 is 33.9 Å². The quantitative estimate of drug-likeness (QED) is 0.642. The molecular weight excluding hydrogens is 246 g/mol. The number of benzene rings is 1. The van der Waals surface area contributed by atoms with Crippen LogP contribution in [0.4, 0.5) is 11.4 Å². The highest BCUT2D eigenvalue weighted by Gasteiger charge is 2.09. The zero-order valence-electron chi connectivity index (χ0n) is 10.3. The standard InChI is InChI=1S/C14H18ClN3/c15-9-5-1-2-8-12-14(17)13(16)10-6-3-4-7-11(10)18-12/h3-4,6-7H,1-2,5,8-9,17H2,(H2,16,18). The third kappa shape index (κ3) is 2.67. The van der Waals surface area contributed by atoms with Crippen molar-refractivity contribution in [2.24, 2.45) is 0 Å². The second-order valence-electron chi connectivity index (χ2n) is 4.40. The highest BCUT2D eigenvalue weighted by molar-refractivity contribution is 6.17. The minimum absolute atomic E-state index is 0.625. The van der Waals surface area contributed by atoms with E-state index >= 15 is 0 Å². The lowest BCUT2D eigenvalue weighted by Crippen LogP contribution is -2.04. The summed E-state index contributed by atoms with van der Waals surface area (Å²) >= 11 is 5.66. The van der Waals surface area contributed by atoms with Crippen molar-refractivity contribution in [3.63, 3.8) is 0 Å². The molecule has 2 aromatic rings. The summed E-state index contributed by atoms with van der Waals surface area (Å²) in [5.41, 5.74) is 15.2. The second-order valence-corrected chi connectivity index (χ2v) is 4.78. The van der Waals surface area contributed by atoms with Crippen LogP contribution in [-0.2, 0) is 6.42 Å². The van der Waals surface area contributed by atoms with E-state index in [0.717, 1.165) is 42.3 Å². The molecule has 1 heterocycles. The minimum Gasteiger partial charge on any atom is -0.396 e. The maximum Gasteiger partial charge on any atom is 0.0773 e. The molecule has 4 N–H and O–H groups in total. The number of aryl methyl sites for hydroxylation is 1. The van der Waals surface area contributed by atoms with Gasteiger partial charge >= 0.3 is 0 Å². The first-order valence-corrected chi connectivity index (χ1v) is 6.76. The number of alkyl halides is 1. The lowest BCUT2D eigenvalue weighted by Gasteiger charge is -2.10. The number of nitrogens with two attached hydrogens (primary N) is 2. The van der Waals surface area contributed by atoms with Crippen LogP contribution in [-0.4, -0.2) is 10.9 Å². The highest BCUT2D eigenvalue weighted by atomic mass is 35.5. The first-order valence-electron chi connectivity index (χ1n) is 6.22. The summed E-state index contributed by atoms with van der Waals surface area (Å²) in [6.45, 7) is 0. The van der Waals surface area contributed by atoms with Crippen molar-refractivity contribution in [3.8, 4) is 0 Å². The number of unbranched alkanes of at least 4 members (excludes halogenated alkanes) is 2. The molecule has 1 aromatic heterocycles. The molecule has 0 aliphatic rings. The average Bonchev–Trinajstić information content (AvgIpc) is 2.40. The molecule has 2 rings (SSSR count). The van der Waals surface area contributed by atoms with Crippen molar-refractivity contribution < 1.29 is 0 Å². The third-order valence-electron chi connectivity index (χ3n) is 3.10. The number of hydrogen-bond acceptors (Lipinski definition) is 3. The molecular formula is C14H18ClN3. The first-order chi connectivity index (χ1) is 8.74. The number of halogens is 1. The topological polar surface area (TPSA) is 64.9 Å². The molecule has 0 aliphatic heterocycles. The predicted octanol–water partition coefficient (Wildman–Crippen LogP) is 3.35. The van der Waals surface area contributed by atoms with Gasteiger partial charge in [0.05, 0.1) is 22.6 Å². The third-order valence-corrected chi connectivity index (χ3v) is 3.37. The van der Waals surface area contributed by atoms with Crippen LogP contribution >= 0.6 is 11.6 Å². The summed E-state index contributed by atoms with van der Waals surface area (Å²) in [4.78, 5) is 4.60. The summed E-state index contributed by atoms with van der Waals surface area (Å²) in [7, 11) is 0. The van der Waals surface area contributed by atoms with E-state index < -0.39 is 0 Å². The van der Waals surface area contributed by atoms with E-state index in [1.165, 1.54) is 0 Å². The normalized spacial score (nSPS) is 10.9. The smallest absolute Gasteiger partial charge is 0.0773 e. The maximum absolute atomic E-state index is 6.06. The van der Waals surface area contributed by atoms with Gasteiger partial charge in [-0.3, -0.25) is 4.98 Å². The van der Waals surface area contributed by atoms with Crippen LogP contribution in [0.5, 0.6) is 0 Å². The lowest BCUT2D eigenvalue weighted by atomic mass is 10.1. The highest BCUT2D eigenvalue weighted by Crippen LogP contribution is 2.28. The van der Waals surface area contributed by atoms with Crippen LogP contribution in [0.3, 0.4) is 0 Å². The Kier molecular flexibility index (Phi) is 4.26. The van der Waals surface area contributed by atoms with Crippen LogP contribution in [0.2, 0.25) is 0 Å². The molecule has 1 aromatic carbocycles. The molecule has 0 atom stereocenters. The van der Waals surface area contributed by atoms with Gasteiger partial charge in [-0.1, -0.05) is 24.6 Å². The van der Waals surface area contributed by atoms with E-state index in [1.54, 1.807) is 0 Å². The molecule has 96 valence electrons. The molecule has 4 heteroatoms. The molecule has 0 unspecified atom stereocenters. The Bertz CT molecular complexity index is 540. The maximum atomic E-state index is 6.06. The summed E-state index contributed by atoms with van der Waals surface area (Å²) < 4.78 is 0. The molecule has 0 fully saturated rings. The Morgan fingerprint density at radius 3 is 2.56 bits per heavy atom. The van der Waals surface area contributed by atoms with E-state index in [0.29, 0.717) is 17.3 Å². The van der Waals surface area contributed by atoms with Crippen LogP contribution in [0.25, 0.3) is 10.9 Å². The number of aromatic nitrogens is 1. The van der Waals surface area contributed by atoms with Gasteiger partial charge in [-0.25, -0.2) is 0 Å². The molecule has 0 bridgehead atoms. The van der Waals surface area contributed by atoms with Gasteiger partial charge in [0.1, 0.15) is 0 Å². The minimum atomic E-state index is 0.625. The van der Waals surface area contributed by atoms with Gasteiger partial charge in [-0.2, -0.15) is 0 Å². The van der Waals surface area contributed by atoms with E-state index in [2.05, 4.69) is 4.98 Å². The van der Waals surface area contributed by atoms with E-state index in [1.807, 2.05) is 24.3 Å². The first kappa shape index (κ1) is 13.0. The summed E-state index contributed by atoms with van der Waals surface area (Å²) in [6, 6.07) is 7.82. The Balaban J connectivity index is 2.25. The fraction of sp³-hybridized carbons (Fsp3) is 0.357. The van der Waals surface area contributed by atoms with Gasteiger partial charge in [0.2, 0.25) is 0 Å². The van der Waals surface area contributed by atoms with E-state index in [4.69, 9.17) is 23.1 Å². The van der Waals surface area contributed by atoms with Gasteiger partial charge < -0.3 is 11.5 Å². The second kappa shape index (κ2) is 5.91. The summed E-state index contributed by atoms with van der Waals surface area (Å²) in [5.74, 6) is 0.711. The number of fused-ring (bicyclic) bond motifs is 1. The average molecular weight is 264 g/mol. The number of nitrogen functional groups attached to an aromatic ring is 2. The van der Waals surface area contributed by atoms with Gasteiger partial charge in [0, 0.05) is 11.3 Å². The molecule has 0 radical (unpaired) electrons. The molecule has 0 amide bonds. The fourth-order valence-corrected chi connectivity index (χ4v) is 2.25. The Morgan fingerprint density at radius 2 is 1.78 bits per heavy atom. The van der Waals surface area contributed by atoms with Crippen LogP contribution in [0.1, 0.15) is 25.0 Å². The van der Waals surface area contributed by atoms with E-state index in [9.17, 15) is 0 Å². The molecule has 0 aliphatic carbocycles. The molecule has 0 saturated heterocycles. The van der Waals surface area contributed by atoms with Crippen molar-refractivity contribution in [2.75, 3.05) is 17.3 Å². The predicted molar refractivity (Wildman–Crippen MR) is 78.8 cm³/mol. The van der Waals surface area contributed by atoms with Crippen LogP contribution < -0.4 is 11.5 Å². The van der Waals surface area contributed by atoms with E-state index in [-0.39, 0.29) is 0 Å².